The van der Waals surface area contributed by atoms with Gasteiger partial charge in [-0.25, -0.2) is 4.79 Å². The van der Waals surface area contributed by atoms with E-state index in [-0.39, 0.29) is 18.1 Å². The first-order valence-corrected chi connectivity index (χ1v) is 7.25. The minimum absolute atomic E-state index is 0.00200. The van der Waals surface area contributed by atoms with Gasteiger partial charge in [0.1, 0.15) is 18.1 Å². The first kappa shape index (κ1) is 17.0. The molecule has 1 aliphatic rings. The largest absolute Gasteiger partial charge is 0.508 e. The Morgan fingerprint density at radius 3 is 2.57 bits per heavy atom. The van der Waals surface area contributed by atoms with Gasteiger partial charge in [-0.05, 0) is 38.5 Å². The number of hydrogen-bond donors (Lipinski definition) is 1. The van der Waals surface area contributed by atoms with E-state index in [4.69, 9.17) is 14.2 Å². The lowest BCUT2D eigenvalue weighted by Crippen LogP contribution is -2.21. The van der Waals surface area contributed by atoms with Crippen LogP contribution in [0.4, 0.5) is 0 Å². The second-order valence-corrected chi connectivity index (χ2v) is 5.56. The van der Waals surface area contributed by atoms with Gasteiger partial charge in [0.25, 0.3) is 0 Å². The number of carbonyl (C=O) groups excluding carboxylic acids is 2. The first-order chi connectivity index (χ1) is 10.8. The second kappa shape index (κ2) is 6.42. The van der Waals surface area contributed by atoms with E-state index in [1.54, 1.807) is 32.9 Å². The lowest BCUT2D eigenvalue weighted by atomic mass is 9.97. The van der Waals surface area contributed by atoms with Gasteiger partial charge in [-0.15, -0.1) is 0 Å². The van der Waals surface area contributed by atoms with Crippen LogP contribution in [0.3, 0.4) is 0 Å². The maximum absolute atomic E-state index is 12.0. The van der Waals surface area contributed by atoms with Crippen molar-refractivity contribution in [1.82, 2.24) is 0 Å². The summed E-state index contributed by atoms with van der Waals surface area (Å²) < 4.78 is 15.9. The van der Waals surface area contributed by atoms with Crippen LogP contribution in [0.25, 0.3) is 0 Å². The molecule has 1 heterocycles. The van der Waals surface area contributed by atoms with E-state index in [0.29, 0.717) is 23.3 Å². The predicted octanol–water partition coefficient (Wildman–Crippen LogP) is 2.36. The summed E-state index contributed by atoms with van der Waals surface area (Å²) >= 11 is 0. The summed E-state index contributed by atoms with van der Waals surface area (Å²) in [5, 5.41) is 9.97. The summed E-state index contributed by atoms with van der Waals surface area (Å²) in [7, 11) is 0. The average Bonchev–Trinajstić information content (AvgIpc) is 3.28. The first-order valence-electron chi connectivity index (χ1n) is 7.25. The van der Waals surface area contributed by atoms with E-state index in [1.165, 1.54) is 13.0 Å². The molecule has 1 aromatic rings. The fraction of sp³-hybridized carbons (Fsp3) is 0.412. The van der Waals surface area contributed by atoms with Crippen LogP contribution in [0.1, 0.15) is 31.9 Å². The molecule has 0 saturated carbocycles. The zero-order chi connectivity index (χ0) is 17.2. The smallest absolute Gasteiger partial charge is 0.338 e. The maximum Gasteiger partial charge on any atom is 0.338 e. The van der Waals surface area contributed by atoms with Crippen LogP contribution in [0.2, 0.25) is 0 Å². The third-order valence-corrected chi connectivity index (χ3v) is 3.75. The Kier molecular flexibility index (Phi) is 4.75. The zero-order valence-electron chi connectivity index (χ0n) is 13.6. The fourth-order valence-corrected chi connectivity index (χ4v) is 2.03. The van der Waals surface area contributed by atoms with Gasteiger partial charge < -0.3 is 19.3 Å². The van der Waals surface area contributed by atoms with Crippen LogP contribution in [-0.4, -0.2) is 30.3 Å². The molecule has 0 aliphatic carbocycles. The quantitative estimate of drug-likeness (QED) is 0.388. The highest BCUT2D eigenvalue weighted by Gasteiger charge is 2.50. The normalized spacial score (nSPS) is 20.1. The number of aryl methyl sites for hydroxylation is 1. The number of epoxide rings is 1. The van der Waals surface area contributed by atoms with E-state index < -0.39 is 17.5 Å². The number of phenols is 1. The molecule has 1 saturated heterocycles. The minimum atomic E-state index is -0.879. The molecule has 0 aromatic heterocycles. The Morgan fingerprint density at radius 1 is 1.39 bits per heavy atom. The van der Waals surface area contributed by atoms with Gasteiger partial charge in [-0.3, -0.25) is 4.79 Å². The third kappa shape index (κ3) is 3.71. The molecule has 1 fully saturated rings. The van der Waals surface area contributed by atoms with Crippen LogP contribution in [0.15, 0.2) is 23.8 Å². The van der Waals surface area contributed by atoms with Gasteiger partial charge in [0.05, 0.1) is 6.61 Å². The highest BCUT2D eigenvalue weighted by molar-refractivity contribution is 5.89. The summed E-state index contributed by atoms with van der Waals surface area (Å²) in [6.45, 7) is 6.71. The van der Waals surface area contributed by atoms with Crippen molar-refractivity contribution in [2.24, 2.45) is 0 Å². The van der Waals surface area contributed by atoms with Gasteiger partial charge in [0.2, 0.25) is 0 Å². The number of aromatic hydroxyl groups is 1. The van der Waals surface area contributed by atoms with Crippen molar-refractivity contribution >= 4 is 11.9 Å². The van der Waals surface area contributed by atoms with Gasteiger partial charge in [-0.2, -0.15) is 0 Å². The molecule has 1 aromatic carbocycles. The van der Waals surface area contributed by atoms with Gasteiger partial charge in [-0.1, -0.05) is 6.08 Å². The molecule has 0 amide bonds. The van der Waals surface area contributed by atoms with Crippen molar-refractivity contribution in [3.05, 3.63) is 34.9 Å². The monoisotopic (exact) mass is 320 g/mol. The molecular weight excluding hydrogens is 300 g/mol. The SMILES string of the molecule is CC=C(C)C(=O)Oc1cc(C)c(O)cc1[C@]1(COC(C)=O)CO1. The number of ether oxygens (including phenoxy) is 3. The van der Waals surface area contributed by atoms with Crippen molar-refractivity contribution in [2.45, 2.75) is 33.3 Å². The van der Waals surface area contributed by atoms with Crippen LogP contribution in [0.5, 0.6) is 11.5 Å². The summed E-state index contributed by atoms with van der Waals surface area (Å²) in [4.78, 5) is 23.1. The standard InChI is InChI=1S/C17H20O6/c1-5-10(2)16(20)23-15-6-11(3)14(19)7-13(15)17(9-22-17)8-21-12(4)18/h5-7,19H,8-9H2,1-4H3/t17-/m0/s1. The Bertz CT molecular complexity index is 670. The molecular formula is C17H20O6. The molecule has 124 valence electrons. The highest BCUT2D eigenvalue weighted by atomic mass is 16.6. The highest BCUT2D eigenvalue weighted by Crippen LogP contribution is 2.45. The van der Waals surface area contributed by atoms with E-state index >= 15 is 0 Å². The average molecular weight is 320 g/mol. The Hall–Kier alpha value is -2.34. The molecule has 6 heteroatoms. The molecule has 23 heavy (non-hydrogen) atoms. The lowest BCUT2D eigenvalue weighted by molar-refractivity contribution is -0.143. The molecule has 0 unspecified atom stereocenters. The number of rotatable bonds is 5. The molecule has 0 spiro atoms. The fourth-order valence-electron chi connectivity index (χ4n) is 2.03. The van der Waals surface area contributed by atoms with Crippen LogP contribution < -0.4 is 4.74 Å². The number of phenolic OH excluding ortho intramolecular Hbond substituents is 1. The molecule has 1 N–H and O–H groups in total. The van der Waals surface area contributed by atoms with Crippen molar-refractivity contribution in [2.75, 3.05) is 13.2 Å². The van der Waals surface area contributed by atoms with E-state index in [9.17, 15) is 14.7 Å². The second-order valence-electron chi connectivity index (χ2n) is 5.56. The van der Waals surface area contributed by atoms with Crippen molar-refractivity contribution in [3.8, 4) is 11.5 Å². The number of hydrogen-bond acceptors (Lipinski definition) is 6. The number of allylic oxidation sites excluding steroid dienone is 1. The van der Waals surface area contributed by atoms with Crippen molar-refractivity contribution in [1.29, 1.82) is 0 Å². The molecule has 1 aliphatic heterocycles. The predicted molar refractivity (Wildman–Crippen MR) is 82.2 cm³/mol. The lowest BCUT2D eigenvalue weighted by Gasteiger charge is -2.18. The van der Waals surface area contributed by atoms with E-state index in [0.717, 1.165) is 0 Å². The zero-order valence-corrected chi connectivity index (χ0v) is 13.6. The molecule has 0 bridgehead atoms. The molecule has 2 rings (SSSR count). The van der Waals surface area contributed by atoms with Crippen LogP contribution >= 0.6 is 0 Å². The summed E-state index contributed by atoms with van der Waals surface area (Å²) in [6.07, 6.45) is 1.65. The van der Waals surface area contributed by atoms with E-state index in [2.05, 4.69) is 0 Å². The Balaban J connectivity index is 2.36. The molecule has 0 radical (unpaired) electrons. The third-order valence-electron chi connectivity index (χ3n) is 3.75. The van der Waals surface area contributed by atoms with Crippen LogP contribution in [0, 0.1) is 6.92 Å². The number of benzene rings is 1. The maximum atomic E-state index is 12.0. The Morgan fingerprint density at radius 2 is 2.04 bits per heavy atom. The number of esters is 2. The Labute approximate surface area is 134 Å². The van der Waals surface area contributed by atoms with E-state index in [1.807, 2.05) is 0 Å². The minimum Gasteiger partial charge on any atom is -0.508 e. The summed E-state index contributed by atoms with van der Waals surface area (Å²) in [5.74, 6) is -0.571. The molecule has 1 atom stereocenters. The van der Waals surface area contributed by atoms with Gasteiger partial charge >= 0.3 is 11.9 Å². The van der Waals surface area contributed by atoms with Gasteiger partial charge in [0, 0.05) is 18.1 Å². The van der Waals surface area contributed by atoms with Crippen LogP contribution in [-0.2, 0) is 24.7 Å². The summed E-state index contributed by atoms with van der Waals surface area (Å²) in [5.41, 5.74) is 0.639. The van der Waals surface area contributed by atoms with Gasteiger partial charge in [0.15, 0.2) is 5.60 Å². The van der Waals surface area contributed by atoms with Crippen molar-refractivity contribution < 1.29 is 28.9 Å². The topological polar surface area (TPSA) is 85.4 Å². The summed E-state index contributed by atoms with van der Waals surface area (Å²) in [6, 6.07) is 3.06. The number of carbonyl (C=O) groups is 2. The van der Waals surface area contributed by atoms with Crippen molar-refractivity contribution in [3.63, 3.8) is 0 Å². The molecule has 6 nitrogen and oxygen atoms in total.